The van der Waals surface area contributed by atoms with Crippen LogP contribution in [0, 0.1) is 35.5 Å². The molecule has 4 aliphatic carbocycles. The van der Waals surface area contributed by atoms with Gasteiger partial charge in [0.1, 0.15) is 0 Å². The van der Waals surface area contributed by atoms with Crippen molar-refractivity contribution in [3.8, 4) is 0 Å². The highest BCUT2D eigenvalue weighted by Gasteiger charge is 2.59. The lowest BCUT2D eigenvalue weighted by Gasteiger charge is -2.42. The molecular formula is C27H40F4. The Kier molecular flexibility index (Phi) is 7.23. The van der Waals surface area contributed by atoms with E-state index >= 15 is 0 Å². The predicted octanol–water partition coefficient (Wildman–Crippen LogP) is 8.97. The molecule has 0 aliphatic heterocycles. The monoisotopic (exact) mass is 440 g/mol. The summed E-state index contributed by atoms with van der Waals surface area (Å²) in [6.45, 7) is 2.30. The summed E-state index contributed by atoms with van der Waals surface area (Å²) in [5, 5.41) is 0. The third-order valence-electron chi connectivity index (χ3n) is 9.31. The van der Waals surface area contributed by atoms with Crippen LogP contribution >= 0.6 is 0 Å². The van der Waals surface area contributed by atoms with E-state index in [4.69, 9.17) is 0 Å². The van der Waals surface area contributed by atoms with Crippen molar-refractivity contribution in [1.82, 2.24) is 0 Å². The SMILES string of the molecule is CCCC1CCC(C2CCC(C3CCC(C4=CC=CC(F)(F)C4(F)F)CC3)CC2)CC1. The first-order valence-electron chi connectivity index (χ1n) is 13.0. The lowest BCUT2D eigenvalue weighted by molar-refractivity contribution is -0.161. The third kappa shape index (κ3) is 4.93. The highest BCUT2D eigenvalue weighted by Crippen LogP contribution is 2.51. The Balaban J connectivity index is 1.23. The normalized spacial score (nSPS) is 40.4. The molecule has 0 spiro atoms. The molecule has 0 unspecified atom stereocenters. The van der Waals surface area contributed by atoms with Gasteiger partial charge in [0.05, 0.1) is 0 Å². The molecule has 0 saturated heterocycles. The van der Waals surface area contributed by atoms with Crippen molar-refractivity contribution in [1.29, 1.82) is 0 Å². The van der Waals surface area contributed by atoms with Crippen molar-refractivity contribution in [3.63, 3.8) is 0 Å². The van der Waals surface area contributed by atoms with Crippen LogP contribution in [-0.4, -0.2) is 11.8 Å². The molecule has 4 rings (SSSR count). The Hall–Kier alpha value is -0.800. The Morgan fingerprint density at radius 2 is 1.16 bits per heavy atom. The molecule has 0 N–H and O–H groups in total. The maximum atomic E-state index is 14.3. The van der Waals surface area contributed by atoms with Gasteiger partial charge in [0.25, 0.3) is 0 Å². The summed E-state index contributed by atoms with van der Waals surface area (Å²) >= 11 is 0. The third-order valence-corrected chi connectivity index (χ3v) is 9.31. The van der Waals surface area contributed by atoms with E-state index in [2.05, 4.69) is 6.92 Å². The Morgan fingerprint density at radius 3 is 1.65 bits per heavy atom. The quantitative estimate of drug-likeness (QED) is 0.374. The Labute approximate surface area is 185 Å². The number of allylic oxidation sites excluding steroid dienone is 4. The van der Waals surface area contributed by atoms with Crippen molar-refractivity contribution < 1.29 is 17.6 Å². The molecule has 0 atom stereocenters. The Bertz CT molecular complexity index is 640. The minimum absolute atomic E-state index is 0.333. The summed E-state index contributed by atoms with van der Waals surface area (Å²) in [5.74, 6) is -4.36. The van der Waals surface area contributed by atoms with Crippen molar-refractivity contribution in [3.05, 3.63) is 23.8 Å². The summed E-state index contributed by atoms with van der Waals surface area (Å²) in [7, 11) is 0. The fourth-order valence-corrected chi connectivity index (χ4v) is 7.41. The van der Waals surface area contributed by atoms with Crippen LogP contribution < -0.4 is 0 Å². The van der Waals surface area contributed by atoms with Crippen molar-refractivity contribution in [2.45, 2.75) is 109 Å². The van der Waals surface area contributed by atoms with Crippen LogP contribution in [0.25, 0.3) is 0 Å². The van der Waals surface area contributed by atoms with E-state index in [9.17, 15) is 17.6 Å². The zero-order valence-electron chi connectivity index (χ0n) is 19.1. The molecule has 176 valence electrons. The van der Waals surface area contributed by atoms with Crippen molar-refractivity contribution >= 4 is 0 Å². The van der Waals surface area contributed by atoms with E-state index in [1.54, 1.807) is 0 Å². The first-order chi connectivity index (χ1) is 14.8. The Morgan fingerprint density at radius 1 is 0.710 bits per heavy atom. The van der Waals surface area contributed by atoms with Gasteiger partial charge in [0.2, 0.25) is 0 Å². The number of halogens is 4. The maximum Gasteiger partial charge on any atom is 0.335 e. The van der Waals surface area contributed by atoms with Crippen LogP contribution in [0.2, 0.25) is 0 Å². The minimum Gasteiger partial charge on any atom is -0.195 e. The predicted molar refractivity (Wildman–Crippen MR) is 118 cm³/mol. The van der Waals surface area contributed by atoms with E-state index in [1.807, 2.05) is 0 Å². The van der Waals surface area contributed by atoms with Gasteiger partial charge in [-0.1, -0.05) is 44.8 Å². The van der Waals surface area contributed by atoms with E-state index in [-0.39, 0.29) is 5.57 Å². The van der Waals surface area contributed by atoms with Gasteiger partial charge >= 0.3 is 11.8 Å². The van der Waals surface area contributed by atoms with Gasteiger partial charge in [-0.25, -0.2) is 0 Å². The molecule has 3 saturated carbocycles. The number of hydrogen-bond donors (Lipinski definition) is 0. The van der Waals surface area contributed by atoms with Gasteiger partial charge in [-0.15, -0.1) is 0 Å². The van der Waals surface area contributed by atoms with Crippen LogP contribution in [0.15, 0.2) is 23.8 Å². The van der Waals surface area contributed by atoms with E-state index in [0.717, 1.165) is 42.6 Å². The topological polar surface area (TPSA) is 0 Å². The van der Waals surface area contributed by atoms with Crippen LogP contribution in [0.5, 0.6) is 0 Å². The maximum absolute atomic E-state index is 14.3. The number of hydrogen-bond acceptors (Lipinski definition) is 0. The molecule has 0 aromatic carbocycles. The van der Waals surface area contributed by atoms with E-state index in [1.165, 1.54) is 70.3 Å². The summed E-state index contributed by atoms with van der Waals surface area (Å²) in [4.78, 5) is 0. The standard InChI is InChI=1S/C27H40F4/c1-2-4-19-6-8-20(9-7-19)21-10-12-22(13-11-21)23-14-16-24(17-15-23)25-5-3-18-26(28,29)27(25,30)31/h3,5,18-24H,2,4,6-17H2,1H3. The summed E-state index contributed by atoms with van der Waals surface area (Å²) in [6, 6.07) is 0. The molecule has 31 heavy (non-hydrogen) atoms. The molecule has 0 amide bonds. The minimum atomic E-state index is -4.05. The van der Waals surface area contributed by atoms with Gasteiger partial charge in [0, 0.05) is 5.57 Å². The van der Waals surface area contributed by atoms with Crippen LogP contribution in [0.1, 0.15) is 96.8 Å². The summed E-state index contributed by atoms with van der Waals surface area (Å²) in [5.41, 5.74) is -0.333. The zero-order valence-corrected chi connectivity index (χ0v) is 19.1. The fourth-order valence-electron chi connectivity index (χ4n) is 7.41. The average molecular weight is 441 g/mol. The van der Waals surface area contributed by atoms with Crippen LogP contribution in [0.3, 0.4) is 0 Å². The molecular weight excluding hydrogens is 400 g/mol. The molecule has 0 radical (unpaired) electrons. The van der Waals surface area contributed by atoms with Gasteiger partial charge < -0.3 is 0 Å². The van der Waals surface area contributed by atoms with Crippen molar-refractivity contribution in [2.75, 3.05) is 0 Å². The van der Waals surface area contributed by atoms with E-state index in [0.29, 0.717) is 24.8 Å². The van der Waals surface area contributed by atoms with Gasteiger partial charge in [-0.3, -0.25) is 0 Å². The molecule has 0 aromatic heterocycles. The van der Waals surface area contributed by atoms with Crippen molar-refractivity contribution in [2.24, 2.45) is 35.5 Å². The highest BCUT2D eigenvalue weighted by atomic mass is 19.3. The second kappa shape index (κ2) is 9.59. The lowest BCUT2D eigenvalue weighted by atomic mass is 9.64. The van der Waals surface area contributed by atoms with Gasteiger partial charge in [0.15, 0.2) is 0 Å². The second-order valence-electron chi connectivity index (χ2n) is 11.0. The molecule has 4 aliphatic rings. The smallest absolute Gasteiger partial charge is 0.195 e. The molecule has 0 nitrogen and oxygen atoms in total. The summed E-state index contributed by atoms with van der Waals surface area (Å²) < 4.78 is 56.1. The number of alkyl halides is 4. The van der Waals surface area contributed by atoms with Crippen LogP contribution in [-0.2, 0) is 0 Å². The highest BCUT2D eigenvalue weighted by molar-refractivity contribution is 5.33. The van der Waals surface area contributed by atoms with E-state index < -0.39 is 17.8 Å². The average Bonchev–Trinajstić information content (AvgIpc) is 2.77. The largest absolute Gasteiger partial charge is 0.335 e. The molecule has 0 bridgehead atoms. The molecule has 3 fully saturated rings. The zero-order chi connectivity index (χ0) is 22.1. The second-order valence-corrected chi connectivity index (χ2v) is 11.0. The first-order valence-corrected chi connectivity index (χ1v) is 13.0. The fraction of sp³-hybridized carbons (Fsp3) is 0.852. The van der Waals surface area contributed by atoms with Crippen LogP contribution in [0.4, 0.5) is 17.6 Å². The molecule has 4 heteroatoms. The number of rotatable bonds is 5. The first kappa shape index (κ1) is 23.4. The van der Waals surface area contributed by atoms with Gasteiger partial charge in [-0.2, -0.15) is 17.6 Å². The van der Waals surface area contributed by atoms with Gasteiger partial charge in [-0.05, 0) is 106 Å². The lowest BCUT2D eigenvalue weighted by Crippen LogP contribution is -2.44. The molecule has 0 heterocycles. The summed E-state index contributed by atoms with van der Waals surface area (Å²) in [6.07, 6.45) is 19.5. The molecule has 0 aromatic rings.